The number of carbonyl (C=O) groups is 2. The zero-order chi connectivity index (χ0) is 29.6. The Labute approximate surface area is 242 Å². The minimum atomic E-state index is -1.16. The molecule has 8 nitrogen and oxygen atoms in total. The lowest BCUT2D eigenvalue weighted by molar-refractivity contribution is -0.118. The number of fused-ring (bicyclic) bond motifs is 1. The number of rotatable bonds is 5. The fourth-order valence-electron chi connectivity index (χ4n) is 5.71. The van der Waals surface area contributed by atoms with E-state index in [0.717, 1.165) is 5.56 Å². The van der Waals surface area contributed by atoms with Crippen LogP contribution in [0.2, 0.25) is 0 Å². The highest BCUT2D eigenvalue weighted by Gasteiger charge is 2.45. The first-order chi connectivity index (χ1) is 20.1. The van der Waals surface area contributed by atoms with Crippen LogP contribution in [-0.2, 0) is 11.4 Å². The topological polar surface area (TPSA) is 105 Å². The van der Waals surface area contributed by atoms with Crippen molar-refractivity contribution in [2.24, 2.45) is 5.41 Å². The van der Waals surface area contributed by atoms with Gasteiger partial charge in [-0.05, 0) is 41.7 Å². The maximum atomic E-state index is 16.2. The predicted molar refractivity (Wildman–Crippen MR) is 155 cm³/mol. The number of amides is 1. The maximum Gasteiger partial charge on any atom is 0.281 e. The molecular weight excluding hydrogens is 537 g/mol. The molecule has 0 radical (unpaired) electrons. The number of aromatic hydroxyl groups is 1. The minimum absolute atomic E-state index is 0.0114. The molecule has 0 spiro atoms. The van der Waals surface area contributed by atoms with Crippen LogP contribution in [0.25, 0.3) is 0 Å². The number of carbonyl (C=O) groups excluding carboxylic acids is 2. The van der Waals surface area contributed by atoms with Gasteiger partial charge in [-0.15, -0.1) is 0 Å². The van der Waals surface area contributed by atoms with E-state index in [1.165, 1.54) is 23.3 Å². The second-order valence-corrected chi connectivity index (χ2v) is 11.4. The van der Waals surface area contributed by atoms with E-state index in [-0.39, 0.29) is 58.7 Å². The first kappa shape index (κ1) is 27.3. The van der Waals surface area contributed by atoms with E-state index in [2.05, 4.69) is 10.3 Å². The molecule has 9 heteroatoms. The van der Waals surface area contributed by atoms with Crippen molar-refractivity contribution in [3.05, 3.63) is 113 Å². The van der Waals surface area contributed by atoms with Crippen LogP contribution in [0.4, 0.5) is 15.8 Å². The lowest BCUT2D eigenvalue weighted by atomic mass is 9.73. The van der Waals surface area contributed by atoms with Crippen LogP contribution in [0.1, 0.15) is 60.2 Å². The summed E-state index contributed by atoms with van der Waals surface area (Å²) >= 11 is 0. The van der Waals surface area contributed by atoms with Crippen molar-refractivity contribution in [2.75, 3.05) is 10.2 Å². The Morgan fingerprint density at radius 2 is 1.93 bits per heavy atom. The van der Waals surface area contributed by atoms with Crippen molar-refractivity contribution < 1.29 is 28.2 Å². The Kier molecular flexibility index (Phi) is 6.80. The lowest BCUT2D eigenvalue weighted by Gasteiger charge is -2.37. The van der Waals surface area contributed by atoms with E-state index in [0.29, 0.717) is 17.9 Å². The Bertz CT molecular complexity index is 1730. The number of nitrogens with zero attached hydrogens (tertiary/aromatic N) is 2. The Morgan fingerprint density at radius 3 is 2.64 bits per heavy atom. The van der Waals surface area contributed by atoms with Crippen LogP contribution in [0, 0.1) is 18.2 Å². The SMILES string of the molecule is Cc1nc(C(=O)N2c3cccc(O)c3NC3=C(C(=O)CC(C)(C)C3)C2c2ccc(OCc3ccccc3)cc2F)co1. The Morgan fingerprint density at radius 1 is 1.14 bits per heavy atom. The summed E-state index contributed by atoms with van der Waals surface area (Å²) in [7, 11) is 0. The molecule has 42 heavy (non-hydrogen) atoms. The van der Waals surface area contributed by atoms with Crippen LogP contribution in [0.3, 0.4) is 0 Å². The van der Waals surface area contributed by atoms with Gasteiger partial charge in [0.2, 0.25) is 0 Å². The summed E-state index contributed by atoms with van der Waals surface area (Å²) in [5.74, 6) is -1.01. The number of allylic oxidation sites excluding steroid dienone is 1. The molecule has 214 valence electrons. The summed E-state index contributed by atoms with van der Waals surface area (Å²) in [6.07, 6.45) is 1.88. The Balaban J connectivity index is 1.52. The minimum Gasteiger partial charge on any atom is -0.506 e. The molecule has 1 amide bonds. The third-order valence-electron chi connectivity index (χ3n) is 7.58. The second-order valence-electron chi connectivity index (χ2n) is 11.4. The van der Waals surface area contributed by atoms with Gasteiger partial charge in [-0.2, -0.15) is 0 Å². The molecule has 1 unspecified atom stereocenters. The zero-order valence-electron chi connectivity index (χ0n) is 23.5. The molecule has 0 bridgehead atoms. The van der Waals surface area contributed by atoms with Gasteiger partial charge in [0.15, 0.2) is 17.4 Å². The first-order valence-electron chi connectivity index (χ1n) is 13.7. The zero-order valence-corrected chi connectivity index (χ0v) is 23.5. The van der Waals surface area contributed by atoms with Gasteiger partial charge >= 0.3 is 0 Å². The van der Waals surface area contributed by atoms with E-state index in [1.807, 2.05) is 44.2 Å². The number of halogens is 1. The van der Waals surface area contributed by atoms with Crippen molar-refractivity contribution in [3.8, 4) is 11.5 Å². The molecule has 1 aliphatic heterocycles. The van der Waals surface area contributed by atoms with Crippen molar-refractivity contribution in [3.63, 3.8) is 0 Å². The lowest BCUT2D eigenvalue weighted by Crippen LogP contribution is -2.40. The van der Waals surface area contributed by atoms with Gasteiger partial charge in [0.25, 0.3) is 5.91 Å². The van der Waals surface area contributed by atoms with Crippen molar-refractivity contribution in [1.82, 2.24) is 4.98 Å². The quantitative estimate of drug-likeness (QED) is 0.254. The molecule has 1 atom stereocenters. The fraction of sp³-hybridized carbons (Fsp3) is 0.242. The van der Waals surface area contributed by atoms with E-state index >= 15 is 4.39 Å². The van der Waals surface area contributed by atoms with Gasteiger partial charge in [0, 0.05) is 36.2 Å². The van der Waals surface area contributed by atoms with Gasteiger partial charge < -0.3 is 19.6 Å². The van der Waals surface area contributed by atoms with Crippen LogP contribution < -0.4 is 15.0 Å². The highest BCUT2D eigenvalue weighted by molar-refractivity contribution is 6.11. The van der Waals surface area contributed by atoms with Crippen LogP contribution >= 0.6 is 0 Å². The molecule has 0 saturated heterocycles. The third kappa shape index (κ3) is 5.02. The third-order valence-corrected chi connectivity index (χ3v) is 7.58. The molecule has 6 rings (SSSR count). The van der Waals surface area contributed by atoms with Gasteiger partial charge in [0.1, 0.15) is 35.9 Å². The largest absolute Gasteiger partial charge is 0.506 e. The molecule has 3 aromatic carbocycles. The van der Waals surface area contributed by atoms with Crippen LogP contribution in [0.15, 0.2) is 88.7 Å². The van der Waals surface area contributed by atoms with E-state index in [1.54, 1.807) is 31.2 Å². The number of ether oxygens (including phenoxy) is 1. The number of ketones is 1. The summed E-state index contributed by atoms with van der Waals surface area (Å²) in [5, 5.41) is 14.2. The molecule has 2 N–H and O–H groups in total. The highest BCUT2D eigenvalue weighted by atomic mass is 19.1. The van der Waals surface area contributed by atoms with Crippen molar-refractivity contribution in [2.45, 2.75) is 46.3 Å². The number of Topliss-reactive ketones (excluding diaryl/α,β-unsaturated/α-hetero) is 1. The highest BCUT2D eigenvalue weighted by Crippen LogP contribution is 2.51. The standard InChI is InChI=1S/C33H30FN3O5/c1-19-35-25(18-41-19)32(40)37-26-10-7-11-27(38)30(26)36-24-15-33(2,3)16-28(39)29(24)31(37)22-13-12-21(14-23(22)34)42-17-20-8-5-4-6-9-20/h4-14,18,31,36,38H,15-17H2,1-3H3. The molecule has 4 aromatic rings. The van der Waals surface area contributed by atoms with E-state index in [9.17, 15) is 14.7 Å². The average molecular weight is 568 g/mol. The molecule has 1 aromatic heterocycles. The first-order valence-corrected chi connectivity index (χ1v) is 13.7. The summed E-state index contributed by atoms with van der Waals surface area (Å²) in [6, 6.07) is 17.5. The normalized spacial score (nSPS) is 17.7. The molecular formula is C33H30FN3O5. The summed E-state index contributed by atoms with van der Waals surface area (Å²) in [6.45, 7) is 5.81. The van der Waals surface area contributed by atoms with E-state index in [4.69, 9.17) is 9.15 Å². The molecule has 2 heterocycles. The predicted octanol–water partition coefficient (Wildman–Crippen LogP) is 6.86. The van der Waals surface area contributed by atoms with Crippen LogP contribution in [0.5, 0.6) is 11.5 Å². The maximum absolute atomic E-state index is 16.2. The van der Waals surface area contributed by atoms with Gasteiger partial charge in [-0.25, -0.2) is 9.37 Å². The molecule has 2 aliphatic rings. The summed E-state index contributed by atoms with van der Waals surface area (Å²) < 4.78 is 27.3. The number of oxazole rings is 1. The average Bonchev–Trinajstić information content (AvgIpc) is 3.32. The number of aromatic nitrogens is 1. The number of anilines is 2. The fourth-order valence-corrected chi connectivity index (χ4v) is 5.71. The van der Waals surface area contributed by atoms with Gasteiger partial charge in [-0.1, -0.05) is 50.2 Å². The second kappa shape index (κ2) is 10.5. The van der Waals surface area contributed by atoms with Crippen LogP contribution in [-0.4, -0.2) is 21.8 Å². The van der Waals surface area contributed by atoms with Crippen molar-refractivity contribution in [1.29, 1.82) is 0 Å². The number of phenols is 1. The number of hydrogen-bond acceptors (Lipinski definition) is 7. The monoisotopic (exact) mass is 567 g/mol. The molecule has 0 fully saturated rings. The number of benzene rings is 3. The molecule has 1 aliphatic carbocycles. The summed E-state index contributed by atoms with van der Waals surface area (Å²) in [5.41, 5.74) is 1.93. The molecule has 0 saturated carbocycles. The van der Waals surface area contributed by atoms with Gasteiger partial charge in [0.05, 0.1) is 11.7 Å². The van der Waals surface area contributed by atoms with Gasteiger partial charge in [-0.3, -0.25) is 14.5 Å². The number of para-hydroxylation sites is 1. The number of hydrogen-bond donors (Lipinski definition) is 2. The van der Waals surface area contributed by atoms with Crippen molar-refractivity contribution >= 4 is 23.1 Å². The summed E-state index contributed by atoms with van der Waals surface area (Å²) in [4.78, 5) is 33.6. The number of aryl methyl sites for hydroxylation is 1. The number of phenolic OH excluding ortho intramolecular Hbond substituents is 1. The van der Waals surface area contributed by atoms with E-state index < -0.39 is 23.2 Å². The number of nitrogens with one attached hydrogen (secondary N) is 1. The Hall–Kier alpha value is -4.92. The smallest absolute Gasteiger partial charge is 0.281 e.